The number of aliphatic hydroxyl groups is 1. The number of carbonyl (C=O) groups is 1. The van der Waals surface area contributed by atoms with E-state index in [0.29, 0.717) is 31.7 Å². The Balaban J connectivity index is 1.37. The topological polar surface area (TPSA) is 82.9 Å². The molecule has 0 saturated carbocycles. The van der Waals surface area contributed by atoms with Crippen LogP contribution in [0.5, 0.6) is 5.75 Å². The molecule has 0 bridgehead atoms. The maximum atomic E-state index is 12.1. The first-order chi connectivity index (χ1) is 16.9. The fourth-order valence-corrected chi connectivity index (χ4v) is 4.82. The SMILES string of the molecule is COc1ccc2nccc([C@@H](O)CC[C@@H]3CCN(CC#Cc4ccc(C)cc4)C[C@@H]3C(=O)O)c2c1. The lowest BCUT2D eigenvalue weighted by Gasteiger charge is -2.36. The molecule has 182 valence electrons. The Bertz CT molecular complexity index is 1230. The molecule has 4 rings (SSSR count). The zero-order valence-electron chi connectivity index (χ0n) is 20.3. The molecule has 35 heavy (non-hydrogen) atoms. The quantitative estimate of drug-likeness (QED) is 0.495. The minimum Gasteiger partial charge on any atom is -0.497 e. The van der Waals surface area contributed by atoms with E-state index in [1.807, 2.05) is 55.5 Å². The molecule has 2 aromatic carbocycles. The smallest absolute Gasteiger partial charge is 0.308 e. The number of aliphatic hydroxyl groups excluding tert-OH is 1. The van der Waals surface area contributed by atoms with Gasteiger partial charge in [0.15, 0.2) is 0 Å². The van der Waals surface area contributed by atoms with Crippen molar-refractivity contribution in [3.05, 3.63) is 71.4 Å². The van der Waals surface area contributed by atoms with E-state index < -0.39 is 18.0 Å². The Kier molecular flexibility index (Phi) is 8.02. The second-order valence-corrected chi connectivity index (χ2v) is 9.27. The highest BCUT2D eigenvalue weighted by Gasteiger charge is 2.34. The van der Waals surface area contributed by atoms with Gasteiger partial charge < -0.3 is 14.9 Å². The van der Waals surface area contributed by atoms with E-state index in [4.69, 9.17) is 4.74 Å². The molecular weight excluding hydrogens is 440 g/mol. The van der Waals surface area contributed by atoms with Gasteiger partial charge in [0.1, 0.15) is 5.75 Å². The number of carboxylic acid groups (broad SMARTS) is 1. The number of fused-ring (bicyclic) bond motifs is 1. The van der Waals surface area contributed by atoms with E-state index in [1.165, 1.54) is 5.56 Å². The fraction of sp³-hybridized carbons (Fsp3) is 0.379. The number of piperidine rings is 1. The van der Waals surface area contributed by atoms with Crippen LogP contribution >= 0.6 is 0 Å². The molecular formula is C29H32N2O4. The van der Waals surface area contributed by atoms with E-state index in [-0.39, 0.29) is 5.92 Å². The van der Waals surface area contributed by atoms with Gasteiger partial charge in [-0.15, -0.1) is 0 Å². The van der Waals surface area contributed by atoms with Crippen molar-refractivity contribution in [1.29, 1.82) is 0 Å². The molecule has 1 fully saturated rings. The van der Waals surface area contributed by atoms with Gasteiger partial charge in [-0.2, -0.15) is 0 Å². The first-order valence-electron chi connectivity index (χ1n) is 12.1. The largest absolute Gasteiger partial charge is 0.497 e. The van der Waals surface area contributed by atoms with Crippen LogP contribution in [0.4, 0.5) is 0 Å². The Labute approximate surface area is 206 Å². The van der Waals surface area contributed by atoms with Gasteiger partial charge in [0.05, 0.1) is 31.2 Å². The molecule has 0 spiro atoms. The van der Waals surface area contributed by atoms with Crippen molar-refractivity contribution in [3.8, 4) is 17.6 Å². The summed E-state index contributed by atoms with van der Waals surface area (Å²) in [4.78, 5) is 18.6. The molecule has 1 saturated heterocycles. The Hall–Kier alpha value is -3.40. The van der Waals surface area contributed by atoms with Gasteiger partial charge in [-0.3, -0.25) is 14.7 Å². The predicted octanol–water partition coefficient (Wildman–Crippen LogP) is 4.44. The highest BCUT2D eigenvalue weighted by molar-refractivity contribution is 5.83. The minimum atomic E-state index is -0.778. The molecule has 3 atom stereocenters. The van der Waals surface area contributed by atoms with Crippen molar-refractivity contribution in [3.63, 3.8) is 0 Å². The van der Waals surface area contributed by atoms with Crippen LogP contribution in [0, 0.1) is 30.6 Å². The van der Waals surface area contributed by atoms with Crippen molar-refractivity contribution in [2.75, 3.05) is 26.7 Å². The van der Waals surface area contributed by atoms with Crippen LogP contribution in [-0.4, -0.2) is 52.8 Å². The van der Waals surface area contributed by atoms with Crippen molar-refractivity contribution in [1.82, 2.24) is 9.88 Å². The number of hydrogen-bond acceptors (Lipinski definition) is 5. The summed E-state index contributed by atoms with van der Waals surface area (Å²) in [6.45, 7) is 3.89. The molecule has 0 aliphatic carbocycles. The molecule has 2 heterocycles. The van der Waals surface area contributed by atoms with Crippen molar-refractivity contribution >= 4 is 16.9 Å². The third kappa shape index (κ3) is 6.19. The van der Waals surface area contributed by atoms with Crippen molar-refractivity contribution in [2.24, 2.45) is 11.8 Å². The number of likely N-dealkylation sites (tertiary alicyclic amines) is 1. The summed E-state index contributed by atoms with van der Waals surface area (Å²) >= 11 is 0. The van der Waals surface area contributed by atoms with Gasteiger partial charge in [-0.05, 0) is 80.6 Å². The lowest BCUT2D eigenvalue weighted by Crippen LogP contribution is -2.44. The number of pyridine rings is 1. The molecule has 1 aliphatic heterocycles. The Morgan fingerprint density at radius 1 is 1.23 bits per heavy atom. The van der Waals surface area contributed by atoms with Gasteiger partial charge in [0, 0.05) is 23.7 Å². The number of aliphatic carboxylic acids is 1. The molecule has 0 radical (unpaired) electrons. The molecule has 1 aliphatic rings. The van der Waals surface area contributed by atoms with Crippen LogP contribution in [0.15, 0.2) is 54.7 Å². The van der Waals surface area contributed by atoms with Crippen molar-refractivity contribution < 1.29 is 19.7 Å². The average Bonchev–Trinajstić information content (AvgIpc) is 2.88. The molecule has 3 aromatic rings. The van der Waals surface area contributed by atoms with Gasteiger partial charge in [-0.25, -0.2) is 0 Å². The van der Waals surface area contributed by atoms with E-state index in [1.54, 1.807) is 13.3 Å². The molecule has 6 heteroatoms. The van der Waals surface area contributed by atoms with Crippen LogP contribution in [0.1, 0.15) is 42.1 Å². The first kappa shape index (κ1) is 24.7. The maximum Gasteiger partial charge on any atom is 0.308 e. The standard InChI is InChI=1S/C29H32N2O4/c1-20-5-7-21(8-6-20)4-3-16-31-17-14-22(26(19-31)29(33)34)9-12-28(32)24-13-15-30-27-11-10-23(35-2)18-25(24)27/h5-8,10-11,13,15,18,22,26,28,32H,9,12,14,16-17,19H2,1-2H3,(H,33,34)/t22-,26+,28+/m1/s1. The summed E-state index contributed by atoms with van der Waals surface area (Å²) in [6.07, 6.45) is 2.93. The summed E-state index contributed by atoms with van der Waals surface area (Å²) < 4.78 is 5.33. The summed E-state index contributed by atoms with van der Waals surface area (Å²) in [5, 5.41) is 21.7. The number of aryl methyl sites for hydroxylation is 1. The van der Waals surface area contributed by atoms with Crippen molar-refractivity contribution in [2.45, 2.75) is 32.3 Å². The van der Waals surface area contributed by atoms with Gasteiger partial charge in [-0.1, -0.05) is 29.5 Å². The molecule has 0 amide bonds. The Morgan fingerprint density at radius 2 is 2.03 bits per heavy atom. The second-order valence-electron chi connectivity index (χ2n) is 9.27. The lowest BCUT2D eigenvalue weighted by molar-refractivity contribution is -0.146. The van der Waals surface area contributed by atoms with Gasteiger partial charge >= 0.3 is 5.97 Å². The third-order valence-corrected chi connectivity index (χ3v) is 6.90. The van der Waals surface area contributed by atoms with Crippen LogP contribution in [0.2, 0.25) is 0 Å². The van der Waals surface area contributed by atoms with E-state index in [2.05, 4.69) is 21.7 Å². The number of nitrogens with zero attached hydrogens (tertiary/aromatic N) is 2. The fourth-order valence-electron chi connectivity index (χ4n) is 4.82. The number of rotatable bonds is 7. The number of hydrogen-bond donors (Lipinski definition) is 2. The normalized spacial score (nSPS) is 19.1. The zero-order valence-corrected chi connectivity index (χ0v) is 20.3. The lowest BCUT2D eigenvalue weighted by atomic mass is 9.81. The van der Waals surface area contributed by atoms with Crippen LogP contribution < -0.4 is 4.74 Å². The number of methoxy groups -OCH3 is 1. The second kappa shape index (κ2) is 11.4. The molecule has 2 N–H and O–H groups in total. The van der Waals surface area contributed by atoms with Gasteiger partial charge in [0.2, 0.25) is 0 Å². The zero-order chi connectivity index (χ0) is 24.8. The number of benzene rings is 2. The Morgan fingerprint density at radius 3 is 2.77 bits per heavy atom. The predicted molar refractivity (Wildman–Crippen MR) is 136 cm³/mol. The van der Waals surface area contributed by atoms with Crippen LogP contribution in [0.3, 0.4) is 0 Å². The summed E-state index contributed by atoms with van der Waals surface area (Å²) in [5.41, 5.74) is 3.76. The highest BCUT2D eigenvalue weighted by atomic mass is 16.5. The van der Waals surface area contributed by atoms with Crippen LogP contribution in [0.25, 0.3) is 10.9 Å². The first-order valence-corrected chi connectivity index (χ1v) is 12.1. The molecule has 6 nitrogen and oxygen atoms in total. The monoisotopic (exact) mass is 472 g/mol. The highest BCUT2D eigenvalue weighted by Crippen LogP contribution is 2.33. The molecule has 1 aromatic heterocycles. The minimum absolute atomic E-state index is 0.0195. The summed E-state index contributed by atoms with van der Waals surface area (Å²) in [7, 11) is 1.61. The van der Waals surface area contributed by atoms with E-state index >= 15 is 0 Å². The number of ether oxygens (including phenoxy) is 1. The van der Waals surface area contributed by atoms with Gasteiger partial charge in [0.25, 0.3) is 0 Å². The maximum absolute atomic E-state index is 12.1. The third-order valence-electron chi connectivity index (χ3n) is 6.90. The summed E-state index contributed by atoms with van der Waals surface area (Å²) in [5.74, 6) is 5.85. The van der Waals surface area contributed by atoms with E-state index in [0.717, 1.165) is 35.0 Å². The summed E-state index contributed by atoms with van der Waals surface area (Å²) in [6, 6.07) is 15.5. The van der Waals surface area contributed by atoms with E-state index in [9.17, 15) is 15.0 Å². The molecule has 0 unspecified atom stereocenters. The number of aromatic nitrogens is 1. The van der Waals surface area contributed by atoms with Crippen LogP contribution in [-0.2, 0) is 4.79 Å². The average molecular weight is 473 g/mol. The number of carboxylic acids is 1.